The van der Waals surface area contributed by atoms with Gasteiger partial charge in [-0.1, -0.05) is 0 Å². The maximum Gasteiger partial charge on any atom is 0.269 e. The Balaban J connectivity index is 1.70. The van der Waals surface area contributed by atoms with Crippen LogP contribution in [0, 0.1) is 40.5 Å². The molecule has 2 atom stereocenters. The molecule has 0 unspecified atom stereocenters. The van der Waals surface area contributed by atoms with E-state index in [4.69, 9.17) is 0 Å². The predicted molar refractivity (Wildman–Crippen MR) is 156 cm³/mol. The SMILES string of the molecule is O=C(N[C@@H](N[C@H](NC(=O)c1ccc([N+](=O)[O-])cc1)c1ccc([N+](=O)[O-])cc1)c1ccc([N+](=O)[O-])cc1)c1ccc([N+](=O)[O-])cc1. The number of carbonyl (C=O) groups excluding carboxylic acids is 2. The van der Waals surface area contributed by atoms with Crippen LogP contribution in [0.15, 0.2) is 97.1 Å². The molecule has 17 nitrogen and oxygen atoms in total. The topological polar surface area (TPSA) is 243 Å². The number of nitro groups is 4. The number of benzene rings is 4. The van der Waals surface area contributed by atoms with Gasteiger partial charge in [0, 0.05) is 59.7 Å². The lowest BCUT2D eigenvalue weighted by atomic mass is 10.1. The van der Waals surface area contributed by atoms with Crippen molar-refractivity contribution in [2.24, 2.45) is 0 Å². The zero-order valence-corrected chi connectivity index (χ0v) is 22.8. The van der Waals surface area contributed by atoms with Gasteiger partial charge in [-0.2, -0.15) is 0 Å². The van der Waals surface area contributed by atoms with E-state index in [0.717, 1.165) is 24.3 Å². The normalized spacial score (nSPS) is 11.9. The van der Waals surface area contributed by atoms with E-state index in [-0.39, 0.29) is 33.9 Å². The van der Waals surface area contributed by atoms with Gasteiger partial charge in [0.15, 0.2) is 0 Å². The summed E-state index contributed by atoms with van der Waals surface area (Å²) >= 11 is 0. The van der Waals surface area contributed by atoms with Crippen LogP contribution in [0.2, 0.25) is 0 Å². The first-order valence-electron chi connectivity index (χ1n) is 12.8. The highest BCUT2D eigenvalue weighted by atomic mass is 16.6. The first-order chi connectivity index (χ1) is 21.4. The lowest BCUT2D eigenvalue weighted by Gasteiger charge is -2.28. The van der Waals surface area contributed by atoms with Crippen LogP contribution in [0.3, 0.4) is 0 Å². The van der Waals surface area contributed by atoms with Crippen molar-refractivity contribution in [2.45, 2.75) is 12.3 Å². The molecule has 2 amide bonds. The lowest BCUT2D eigenvalue weighted by Crippen LogP contribution is -2.45. The van der Waals surface area contributed by atoms with Crippen LogP contribution in [0.4, 0.5) is 22.7 Å². The van der Waals surface area contributed by atoms with Crippen molar-refractivity contribution in [3.8, 4) is 0 Å². The van der Waals surface area contributed by atoms with Gasteiger partial charge in [0.05, 0.1) is 19.7 Å². The summed E-state index contributed by atoms with van der Waals surface area (Å²) in [6, 6.07) is 19.6. The summed E-state index contributed by atoms with van der Waals surface area (Å²) < 4.78 is 0. The third-order valence-electron chi connectivity index (χ3n) is 6.44. The highest BCUT2D eigenvalue weighted by Crippen LogP contribution is 2.23. The molecule has 0 aromatic heterocycles. The van der Waals surface area contributed by atoms with Gasteiger partial charge in [-0.05, 0) is 59.7 Å². The number of nitrogens with zero attached hydrogens (tertiary/aromatic N) is 4. The average molecular weight is 616 g/mol. The molecule has 4 aromatic rings. The maximum absolute atomic E-state index is 13.2. The molecule has 0 aliphatic carbocycles. The van der Waals surface area contributed by atoms with Gasteiger partial charge in [0.25, 0.3) is 34.6 Å². The van der Waals surface area contributed by atoms with E-state index in [9.17, 15) is 50.0 Å². The number of nitro benzene ring substituents is 4. The zero-order valence-electron chi connectivity index (χ0n) is 22.8. The third kappa shape index (κ3) is 7.81. The van der Waals surface area contributed by atoms with Crippen molar-refractivity contribution in [3.05, 3.63) is 160 Å². The van der Waals surface area contributed by atoms with Crippen molar-refractivity contribution in [3.63, 3.8) is 0 Å². The molecular formula is C28H21N7O10. The van der Waals surface area contributed by atoms with Crippen LogP contribution in [-0.4, -0.2) is 31.5 Å². The molecule has 0 saturated carbocycles. The van der Waals surface area contributed by atoms with Crippen molar-refractivity contribution < 1.29 is 29.3 Å². The minimum atomic E-state index is -1.16. The van der Waals surface area contributed by atoms with E-state index >= 15 is 0 Å². The second-order valence-corrected chi connectivity index (χ2v) is 9.28. The summed E-state index contributed by atoms with van der Waals surface area (Å²) in [7, 11) is 0. The Morgan fingerprint density at radius 2 is 0.689 bits per heavy atom. The van der Waals surface area contributed by atoms with Gasteiger partial charge in [-0.15, -0.1) is 0 Å². The monoisotopic (exact) mass is 615 g/mol. The van der Waals surface area contributed by atoms with Crippen LogP contribution >= 0.6 is 0 Å². The van der Waals surface area contributed by atoms with Crippen molar-refractivity contribution >= 4 is 34.6 Å². The fourth-order valence-corrected chi connectivity index (χ4v) is 4.08. The molecule has 0 spiro atoms. The Morgan fingerprint density at radius 1 is 0.444 bits per heavy atom. The molecule has 0 aliphatic heterocycles. The number of hydrogen-bond donors (Lipinski definition) is 3. The fourth-order valence-electron chi connectivity index (χ4n) is 4.08. The molecule has 0 aliphatic rings. The van der Waals surface area contributed by atoms with Gasteiger partial charge in [-0.25, -0.2) is 0 Å². The Hall–Kier alpha value is -6.62. The molecule has 4 aromatic carbocycles. The van der Waals surface area contributed by atoms with E-state index in [2.05, 4.69) is 16.0 Å². The second kappa shape index (κ2) is 13.6. The molecule has 0 bridgehead atoms. The standard InChI is InChI=1S/C28H21N7O10/c36-27(19-5-13-23(14-6-19)34(42)43)30-25(17-1-9-21(10-2-17)32(38)39)29-26(18-3-11-22(12-4-18)33(40)41)31-28(37)20-7-15-24(16-8-20)35(44)45/h1-16,25-26,29H,(H,30,36)(H,31,37)/t25-,26-/m1/s1. The van der Waals surface area contributed by atoms with Crippen LogP contribution in [0.5, 0.6) is 0 Å². The maximum atomic E-state index is 13.2. The zero-order chi connectivity index (χ0) is 32.7. The number of rotatable bonds is 12. The van der Waals surface area contributed by atoms with Gasteiger partial charge in [0.1, 0.15) is 12.3 Å². The highest BCUT2D eigenvalue weighted by Gasteiger charge is 2.25. The third-order valence-corrected chi connectivity index (χ3v) is 6.44. The van der Waals surface area contributed by atoms with Gasteiger partial charge in [0.2, 0.25) is 0 Å². The molecule has 228 valence electrons. The Labute approximate surface area is 252 Å². The predicted octanol–water partition coefficient (Wildman–Crippen LogP) is 4.47. The highest BCUT2D eigenvalue weighted by molar-refractivity contribution is 5.95. The molecule has 0 fully saturated rings. The summed E-state index contributed by atoms with van der Waals surface area (Å²) in [5.74, 6) is -1.41. The molecule has 45 heavy (non-hydrogen) atoms. The van der Waals surface area contributed by atoms with Gasteiger partial charge >= 0.3 is 0 Å². The number of non-ortho nitro benzene ring substituents is 4. The first-order valence-corrected chi connectivity index (χ1v) is 12.8. The van der Waals surface area contributed by atoms with Crippen LogP contribution in [0.1, 0.15) is 44.2 Å². The summed E-state index contributed by atoms with van der Waals surface area (Å²) in [5, 5.41) is 52.9. The van der Waals surface area contributed by atoms with Crippen LogP contribution in [-0.2, 0) is 0 Å². The van der Waals surface area contributed by atoms with E-state index in [1.54, 1.807) is 0 Å². The summed E-state index contributed by atoms with van der Waals surface area (Å²) in [6.45, 7) is 0. The summed E-state index contributed by atoms with van der Waals surface area (Å²) in [4.78, 5) is 68.4. The van der Waals surface area contributed by atoms with Crippen LogP contribution in [0.25, 0.3) is 0 Å². The van der Waals surface area contributed by atoms with Crippen molar-refractivity contribution in [1.29, 1.82) is 0 Å². The Bertz CT molecular complexity index is 1630. The fraction of sp³-hybridized carbons (Fsp3) is 0.0714. The van der Waals surface area contributed by atoms with E-state index in [1.165, 1.54) is 72.8 Å². The van der Waals surface area contributed by atoms with Gasteiger partial charge < -0.3 is 10.6 Å². The molecule has 0 heterocycles. The molecule has 3 N–H and O–H groups in total. The smallest absolute Gasteiger partial charge is 0.269 e. The molecule has 0 saturated heterocycles. The minimum absolute atomic E-state index is 0.0381. The number of amides is 2. The molecule has 17 heteroatoms. The minimum Gasteiger partial charge on any atom is -0.333 e. The first kappa shape index (κ1) is 31.3. The number of carbonyl (C=O) groups is 2. The van der Waals surface area contributed by atoms with E-state index in [1.807, 2.05) is 0 Å². The van der Waals surface area contributed by atoms with Crippen molar-refractivity contribution in [2.75, 3.05) is 0 Å². The molecular weight excluding hydrogens is 594 g/mol. The Morgan fingerprint density at radius 3 is 0.933 bits per heavy atom. The largest absolute Gasteiger partial charge is 0.333 e. The quantitative estimate of drug-likeness (QED) is 0.114. The number of nitrogens with one attached hydrogen (secondary N) is 3. The lowest BCUT2D eigenvalue weighted by molar-refractivity contribution is -0.385. The van der Waals surface area contributed by atoms with Crippen molar-refractivity contribution in [1.82, 2.24) is 16.0 Å². The van der Waals surface area contributed by atoms with Gasteiger partial charge in [-0.3, -0.25) is 55.4 Å². The second-order valence-electron chi connectivity index (χ2n) is 9.28. The molecule has 4 rings (SSSR count). The van der Waals surface area contributed by atoms with E-state index < -0.39 is 43.8 Å². The summed E-state index contributed by atoms with van der Waals surface area (Å²) in [5.41, 5.74) is -0.297. The van der Waals surface area contributed by atoms with Crippen LogP contribution < -0.4 is 16.0 Å². The molecule has 0 radical (unpaired) electrons. The average Bonchev–Trinajstić information content (AvgIpc) is 3.04. The number of hydrogen-bond acceptors (Lipinski definition) is 11. The van der Waals surface area contributed by atoms with E-state index in [0.29, 0.717) is 11.1 Å². The summed E-state index contributed by atoms with van der Waals surface area (Å²) in [6.07, 6.45) is -2.32. The Kier molecular flexibility index (Phi) is 9.44.